The van der Waals surface area contributed by atoms with Gasteiger partial charge in [-0.3, -0.25) is 9.69 Å². The lowest BCUT2D eigenvalue weighted by Crippen LogP contribution is -2.42. The van der Waals surface area contributed by atoms with Gasteiger partial charge in [-0.15, -0.1) is 0 Å². The molecule has 2 heterocycles. The molecule has 106 valence electrons. The van der Waals surface area contributed by atoms with Crippen molar-refractivity contribution in [3.05, 3.63) is 12.2 Å². The highest BCUT2D eigenvalue weighted by atomic mass is 16.4. The highest BCUT2D eigenvalue weighted by Gasteiger charge is 2.36. The summed E-state index contributed by atoms with van der Waals surface area (Å²) >= 11 is 0. The molecule has 0 saturated carbocycles. The maximum atomic E-state index is 11.2. The predicted molar refractivity (Wildman–Crippen MR) is 70.7 cm³/mol. The number of likely N-dealkylation sites (tertiary alicyclic amines) is 1. The first kappa shape index (κ1) is 14.0. The topological polar surface area (TPSA) is 71.2 Å². The minimum Gasteiger partial charge on any atom is -0.481 e. The third-order valence-corrected chi connectivity index (χ3v) is 3.98. The summed E-state index contributed by atoms with van der Waals surface area (Å²) < 4.78 is 1.92. The lowest BCUT2D eigenvalue weighted by Gasteiger charge is -2.36. The Morgan fingerprint density at radius 1 is 1.47 bits per heavy atom. The molecule has 1 aromatic heterocycles. The lowest BCUT2D eigenvalue weighted by molar-refractivity contribution is -0.150. The molecule has 0 unspecified atom stereocenters. The van der Waals surface area contributed by atoms with E-state index >= 15 is 0 Å². The molecule has 1 N–H and O–H groups in total. The molecule has 0 aromatic carbocycles. The zero-order valence-corrected chi connectivity index (χ0v) is 11.8. The first-order valence-electron chi connectivity index (χ1n) is 6.76. The number of aliphatic carboxylic acids is 1. The summed E-state index contributed by atoms with van der Waals surface area (Å²) in [6.07, 6.45) is 2.97. The van der Waals surface area contributed by atoms with E-state index in [9.17, 15) is 9.90 Å². The van der Waals surface area contributed by atoms with Crippen LogP contribution in [0.4, 0.5) is 0 Å². The fraction of sp³-hybridized carbons (Fsp3) is 0.769. The van der Waals surface area contributed by atoms with E-state index in [2.05, 4.69) is 28.8 Å². The van der Waals surface area contributed by atoms with E-state index in [4.69, 9.17) is 0 Å². The molecule has 0 spiro atoms. The molecule has 1 aliphatic rings. The normalized spacial score (nSPS) is 19.8. The van der Waals surface area contributed by atoms with Gasteiger partial charge < -0.3 is 5.11 Å². The van der Waals surface area contributed by atoms with Crippen LogP contribution in [-0.4, -0.2) is 43.8 Å². The monoisotopic (exact) mass is 266 g/mol. The lowest BCUT2D eigenvalue weighted by atomic mass is 9.80. The first-order valence-corrected chi connectivity index (χ1v) is 6.76. The van der Waals surface area contributed by atoms with Gasteiger partial charge in [-0.25, -0.2) is 9.67 Å². The van der Waals surface area contributed by atoms with Crippen LogP contribution < -0.4 is 0 Å². The molecule has 0 atom stereocenters. The number of piperidine rings is 1. The summed E-state index contributed by atoms with van der Waals surface area (Å²) in [6.45, 7) is 8.34. The molecule has 1 aliphatic heterocycles. The van der Waals surface area contributed by atoms with Gasteiger partial charge in [0.05, 0.1) is 12.0 Å². The van der Waals surface area contributed by atoms with Crippen molar-refractivity contribution in [3.8, 4) is 0 Å². The van der Waals surface area contributed by atoms with Crippen LogP contribution in [0.1, 0.15) is 45.5 Å². The molecule has 6 heteroatoms. The Morgan fingerprint density at radius 2 is 2.11 bits per heavy atom. The Balaban J connectivity index is 1.96. The number of rotatable bonds is 4. The van der Waals surface area contributed by atoms with Crippen molar-refractivity contribution >= 4 is 5.97 Å². The van der Waals surface area contributed by atoms with Gasteiger partial charge >= 0.3 is 5.97 Å². The number of aromatic nitrogens is 3. The summed E-state index contributed by atoms with van der Waals surface area (Å²) in [5.41, 5.74) is -0.567. The minimum atomic E-state index is -0.683. The largest absolute Gasteiger partial charge is 0.481 e. The molecule has 0 aliphatic carbocycles. The molecule has 19 heavy (non-hydrogen) atoms. The highest BCUT2D eigenvalue weighted by molar-refractivity contribution is 5.74. The number of carbonyl (C=O) groups is 1. The average molecular weight is 266 g/mol. The second-order valence-electron chi connectivity index (χ2n) is 5.86. The number of carboxylic acid groups (broad SMARTS) is 1. The number of hydrogen-bond donors (Lipinski definition) is 1. The summed E-state index contributed by atoms with van der Waals surface area (Å²) in [5, 5.41) is 13.4. The second-order valence-corrected chi connectivity index (χ2v) is 5.86. The fourth-order valence-electron chi connectivity index (χ4n) is 2.44. The SMILES string of the molecule is CC(C)n1ncnc1CN1CCC(C)(C(=O)O)CC1. The quantitative estimate of drug-likeness (QED) is 0.895. The zero-order chi connectivity index (χ0) is 14.0. The van der Waals surface area contributed by atoms with Crippen molar-refractivity contribution in [1.29, 1.82) is 0 Å². The van der Waals surface area contributed by atoms with Gasteiger partial charge in [0, 0.05) is 6.04 Å². The second kappa shape index (κ2) is 5.28. The van der Waals surface area contributed by atoms with Crippen LogP contribution >= 0.6 is 0 Å². The summed E-state index contributed by atoms with van der Waals surface area (Å²) in [5.74, 6) is 0.270. The summed E-state index contributed by atoms with van der Waals surface area (Å²) in [6, 6.07) is 0.298. The molecular formula is C13H22N4O2. The van der Waals surface area contributed by atoms with Crippen LogP contribution in [0.3, 0.4) is 0 Å². The number of carboxylic acids is 1. The van der Waals surface area contributed by atoms with E-state index in [0.29, 0.717) is 18.9 Å². The first-order chi connectivity index (χ1) is 8.92. The van der Waals surface area contributed by atoms with Gasteiger partial charge in [-0.1, -0.05) is 0 Å². The van der Waals surface area contributed by atoms with Gasteiger partial charge in [0.2, 0.25) is 0 Å². The van der Waals surface area contributed by atoms with E-state index in [1.165, 1.54) is 0 Å². The molecular weight excluding hydrogens is 244 g/mol. The molecule has 0 radical (unpaired) electrons. The van der Waals surface area contributed by atoms with Gasteiger partial charge in [-0.2, -0.15) is 5.10 Å². The van der Waals surface area contributed by atoms with Crippen molar-refractivity contribution < 1.29 is 9.90 Å². The molecule has 1 aromatic rings. The Hall–Kier alpha value is -1.43. The molecule has 1 fully saturated rings. The molecule has 6 nitrogen and oxygen atoms in total. The van der Waals surface area contributed by atoms with Crippen LogP contribution in [0.2, 0.25) is 0 Å². The minimum absolute atomic E-state index is 0.298. The van der Waals surface area contributed by atoms with E-state index in [0.717, 1.165) is 25.5 Å². The third-order valence-electron chi connectivity index (χ3n) is 3.98. The maximum Gasteiger partial charge on any atom is 0.309 e. The van der Waals surface area contributed by atoms with Crippen molar-refractivity contribution in [1.82, 2.24) is 19.7 Å². The zero-order valence-electron chi connectivity index (χ0n) is 11.8. The van der Waals surface area contributed by atoms with E-state index < -0.39 is 11.4 Å². The average Bonchev–Trinajstić information content (AvgIpc) is 2.80. The fourth-order valence-corrected chi connectivity index (χ4v) is 2.44. The van der Waals surface area contributed by atoms with E-state index in [1.54, 1.807) is 6.33 Å². The van der Waals surface area contributed by atoms with Gasteiger partial charge in [0.25, 0.3) is 0 Å². The van der Waals surface area contributed by atoms with E-state index in [-0.39, 0.29) is 0 Å². The van der Waals surface area contributed by atoms with Crippen LogP contribution in [-0.2, 0) is 11.3 Å². The Morgan fingerprint density at radius 3 is 2.63 bits per heavy atom. The van der Waals surface area contributed by atoms with Crippen molar-refractivity contribution in [2.24, 2.45) is 5.41 Å². The molecule has 1 saturated heterocycles. The highest BCUT2D eigenvalue weighted by Crippen LogP contribution is 2.31. The molecule has 0 amide bonds. The van der Waals surface area contributed by atoms with Crippen molar-refractivity contribution in [2.75, 3.05) is 13.1 Å². The van der Waals surface area contributed by atoms with Crippen LogP contribution in [0, 0.1) is 5.41 Å². The van der Waals surface area contributed by atoms with Gasteiger partial charge in [0.1, 0.15) is 12.2 Å². The summed E-state index contributed by atoms with van der Waals surface area (Å²) in [4.78, 5) is 17.8. The van der Waals surface area contributed by atoms with E-state index in [1.807, 2.05) is 11.6 Å². The standard InChI is InChI=1S/C13H22N4O2/c1-10(2)17-11(14-9-15-17)8-16-6-4-13(3,5-7-16)12(18)19/h9-10H,4-8H2,1-3H3,(H,18,19). The maximum absolute atomic E-state index is 11.2. The Labute approximate surface area is 113 Å². The van der Waals surface area contributed by atoms with Crippen molar-refractivity contribution in [3.63, 3.8) is 0 Å². The van der Waals surface area contributed by atoms with Crippen LogP contribution in [0.5, 0.6) is 0 Å². The molecule has 2 rings (SSSR count). The number of nitrogens with zero attached hydrogens (tertiary/aromatic N) is 4. The Bertz CT molecular complexity index is 447. The van der Waals surface area contributed by atoms with Crippen molar-refractivity contribution in [2.45, 2.75) is 46.2 Å². The third kappa shape index (κ3) is 2.94. The predicted octanol–water partition coefficient (Wildman–Crippen LogP) is 1.55. The smallest absolute Gasteiger partial charge is 0.309 e. The van der Waals surface area contributed by atoms with Crippen LogP contribution in [0.25, 0.3) is 0 Å². The van der Waals surface area contributed by atoms with Gasteiger partial charge in [0.15, 0.2) is 0 Å². The summed E-state index contributed by atoms with van der Waals surface area (Å²) in [7, 11) is 0. The van der Waals surface area contributed by atoms with Crippen LogP contribution in [0.15, 0.2) is 6.33 Å². The van der Waals surface area contributed by atoms with Gasteiger partial charge in [-0.05, 0) is 46.7 Å². The Kier molecular flexibility index (Phi) is 3.89. The molecule has 0 bridgehead atoms. The number of hydrogen-bond acceptors (Lipinski definition) is 4.